The molecule has 0 saturated heterocycles. The smallest absolute Gasteiger partial charge is 0.279 e. The molecule has 16 heavy (non-hydrogen) atoms. The lowest BCUT2D eigenvalue weighted by atomic mass is 9.93. The Balaban J connectivity index is 1.96. The van der Waals surface area contributed by atoms with Gasteiger partial charge in [0.1, 0.15) is 0 Å². The zero-order chi connectivity index (χ0) is 11.5. The molecule has 0 aliphatic heterocycles. The second-order valence-corrected chi connectivity index (χ2v) is 3.94. The standard InChI is InChI=1S/C11H14FN3O/c1-8(12)11(16)13-7-10-5-6-14-15(10)9-3-2-4-9/h5-6,9H,1-4,7H2,(H,13,16). The first-order valence-electron chi connectivity index (χ1n) is 5.33. The summed E-state index contributed by atoms with van der Waals surface area (Å²) in [6.07, 6.45) is 5.17. The molecule has 1 aromatic heterocycles. The summed E-state index contributed by atoms with van der Waals surface area (Å²) >= 11 is 0. The number of amides is 1. The van der Waals surface area contributed by atoms with E-state index in [0.717, 1.165) is 18.5 Å². The molecule has 1 N–H and O–H groups in total. The molecular formula is C11H14FN3O. The summed E-state index contributed by atoms with van der Waals surface area (Å²) in [5.74, 6) is -1.73. The van der Waals surface area contributed by atoms with Gasteiger partial charge in [0.25, 0.3) is 5.91 Å². The van der Waals surface area contributed by atoms with Crippen LogP contribution in [0.4, 0.5) is 4.39 Å². The first-order chi connectivity index (χ1) is 7.68. The summed E-state index contributed by atoms with van der Waals surface area (Å²) in [6.45, 7) is 3.23. The van der Waals surface area contributed by atoms with Gasteiger partial charge in [-0.2, -0.15) is 5.10 Å². The van der Waals surface area contributed by atoms with Gasteiger partial charge in [0, 0.05) is 6.20 Å². The Labute approximate surface area is 93.1 Å². The van der Waals surface area contributed by atoms with E-state index in [2.05, 4.69) is 17.0 Å². The van der Waals surface area contributed by atoms with Crippen LogP contribution in [0.5, 0.6) is 0 Å². The van der Waals surface area contributed by atoms with Gasteiger partial charge in [-0.1, -0.05) is 6.58 Å². The van der Waals surface area contributed by atoms with Crippen molar-refractivity contribution in [3.8, 4) is 0 Å². The van der Waals surface area contributed by atoms with Crippen molar-refractivity contribution in [1.82, 2.24) is 15.1 Å². The van der Waals surface area contributed by atoms with Crippen molar-refractivity contribution in [1.29, 1.82) is 0 Å². The van der Waals surface area contributed by atoms with Gasteiger partial charge >= 0.3 is 0 Å². The van der Waals surface area contributed by atoms with Gasteiger partial charge in [-0.3, -0.25) is 9.48 Å². The Kier molecular flexibility index (Phi) is 3.03. The van der Waals surface area contributed by atoms with Crippen LogP contribution < -0.4 is 5.32 Å². The number of carbonyl (C=O) groups excluding carboxylic acids is 1. The molecule has 1 aliphatic carbocycles. The summed E-state index contributed by atoms with van der Waals surface area (Å²) in [5.41, 5.74) is 0.902. The molecule has 0 radical (unpaired) electrons. The summed E-state index contributed by atoms with van der Waals surface area (Å²) in [4.78, 5) is 11.0. The van der Waals surface area contributed by atoms with Gasteiger partial charge in [0.2, 0.25) is 0 Å². The van der Waals surface area contributed by atoms with Crippen LogP contribution in [-0.4, -0.2) is 15.7 Å². The average Bonchev–Trinajstić information content (AvgIpc) is 2.59. The molecule has 1 amide bonds. The minimum Gasteiger partial charge on any atom is -0.344 e. The fourth-order valence-corrected chi connectivity index (χ4v) is 1.71. The molecule has 1 saturated carbocycles. The fraction of sp³-hybridized carbons (Fsp3) is 0.455. The van der Waals surface area contributed by atoms with Gasteiger partial charge in [0.15, 0.2) is 5.83 Å². The van der Waals surface area contributed by atoms with Crippen LogP contribution in [0, 0.1) is 0 Å². The van der Waals surface area contributed by atoms with Crippen LogP contribution in [-0.2, 0) is 11.3 Å². The highest BCUT2D eigenvalue weighted by Crippen LogP contribution is 2.31. The highest BCUT2D eigenvalue weighted by molar-refractivity contribution is 5.90. The molecule has 0 spiro atoms. The lowest BCUT2D eigenvalue weighted by molar-refractivity contribution is -0.119. The number of nitrogens with one attached hydrogen (secondary N) is 1. The number of halogens is 1. The van der Waals surface area contributed by atoms with E-state index in [-0.39, 0.29) is 6.54 Å². The van der Waals surface area contributed by atoms with E-state index in [1.807, 2.05) is 10.7 Å². The highest BCUT2D eigenvalue weighted by Gasteiger charge is 2.22. The van der Waals surface area contributed by atoms with Crippen molar-refractivity contribution in [2.24, 2.45) is 0 Å². The van der Waals surface area contributed by atoms with Crippen molar-refractivity contribution in [2.45, 2.75) is 31.8 Å². The van der Waals surface area contributed by atoms with Crippen molar-refractivity contribution in [3.63, 3.8) is 0 Å². The maximum atomic E-state index is 12.4. The Hall–Kier alpha value is -1.65. The monoisotopic (exact) mass is 223 g/mol. The van der Waals surface area contributed by atoms with Crippen molar-refractivity contribution in [3.05, 3.63) is 30.4 Å². The average molecular weight is 223 g/mol. The van der Waals surface area contributed by atoms with E-state index in [1.165, 1.54) is 6.42 Å². The molecule has 0 unspecified atom stereocenters. The zero-order valence-electron chi connectivity index (χ0n) is 8.95. The van der Waals surface area contributed by atoms with Crippen LogP contribution in [0.3, 0.4) is 0 Å². The predicted octanol–water partition coefficient (Wildman–Crippen LogP) is 1.71. The van der Waals surface area contributed by atoms with Crippen LogP contribution in [0.15, 0.2) is 24.7 Å². The quantitative estimate of drug-likeness (QED) is 0.790. The van der Waals surface area contributed by atoms with Crippen LogP contribution >= 0.6 is 0 Å². The number of hydrogen-bond acceptors (Lipinski definition) is 2. The van der Waals surface area contributed by atoms with Gasteiger partial charge in [-0.05, 0) is 25.3 Å². The second-order valence-electron chi connectivity index (χ2n) is 3.94. The van der Waals surface area contributed by atoms with E-state index in [0.29, 0.717) is 6.04 Å². The topological polar surface area (TPSA) is 46.9 Å². The number of aromatic nitrogens is 2. The molecule has 4 nitrogen and oxygen atoms in total. The summed E-state index contributed by atoms with van der Waals surface area (Å²) in [6, 6.07) is 2.27. The number of carbonyl (C=O) groups is 1. The van der Waals surface area contributed by atoms with Crippen molar-refractivity contribution < 1.29 is 9.18 Å². The molecule has 1 aromatic rings. The molecule has 1 heterocycles. The van der Waals surface area contributed by atoms with Gasteiger partial charge in [-0.25, -0.2) is 4.39 Å². The highest BCUT2D eigenvalue weighted by atomic mass is 19.1. The van der Waals surface area contributed by atoms with Gasteiger partial charge < -0.3 is 5.32 Å². The third-order valence-electron chi connectivity index (χ3n) is 2.85. The predicted molar refractivity (Wildman–Crippen MR) is 57.2 cm³/mol. The van der Waals surface area contributed by atoms with E-state index < -0.39 is 11.7 Å². The number of nitrogens with zero attached hydrogens (tertiary/aromatic N) is 2. The lowest BCUT2D eigenvalue weighted by Gasteiger charge is -2.27. The summed E-state index contributed by atoms with van der Waals surface area (Å²) in [5, 5.41) is 6.66. The molecule has 0 atom stereocenters. The van der Waals surface area contributed by atoms with Gasteiger partial charge in [0.05, 0.1) is 18.3 Å². The van der Waals surface area contributed by atoms with Crippen LogP contribution in [0.2, 0.25) is 0 Å². The van der Waals surface area contributed by atoms with E-state index in [4.69, 9.17) is 0 Å². The molecule has 0 bridgehead atoms. The third-order valence-corrected chi connectivity index (χ3v) is 2.85. The molecule has 1 aliphatic rings. The molecule has 2 rings (SSSR count). The molecule has 1 fully saturated rings. The second kappa shape index (κ2) is 4.47. The Morgan fingerprint density at radius 2 is 2.44 bits per heavy atom. The van der Waals surface area contributed by atoms with Crippen LogP contribution in [0.25, 0.3) is 0 Å². The number of rotatable bonds is 4. The Morgan fingerprint density at radius 1 is 1.69 bits per heavy atom. The maximum absolute atomic E-state index is 12.4. The van der Waals surface area contributed by atoms with E-state index in [9.17, 15) is 9.18 Å². The minimum atomic E-state index is -0.963. The van der Waals surface area contributed by atoms with Gasteiger partial charge in [-0.15, -0.1) is 0 Å². The molecular weight excluding hydrogens is 209 g/mol. The minimum absolute atomic E-state index is 0.290. The summed E-state index contributed by atoms with van der Waals surface area (Å²) < 4.78 is 14.3. The molecule has 86 valence electrons. The Morgan fingerprint density at radius 3 is 3.00 bits per heavy atom. The van der Waals surface area contributed by atoms with Crippen LogP contribution in [0.1, 0.15) is 31.0 Å². The fourth-order valence-electron chi connectivity index (χ4n) is 1.71. The van der Waals surface area contributed by atoms with E-state index in [1.54, 1.807) is 6.20 Å². The third kappa shape index (κ3) is 2.13. The summed E-state index contributed by atoms with van der Waals surface area (Å²) in [7, 11) is 0. The SMILES string of the molecule is C=C(F)C(=O)NCc1ccnn1C1CCC1. The lowest BCUT2D eigenvalue weighted by Crippen LogP contribution is -2.27. The largest absolute Gasteiger partial charge is 0.344 e. The van der Waals surface area contributed by atoms with Crippen molar-refractivity contribution in [2.75, 3.05) is 0 Å². The molecule has 0 aromatic carbocycles. The first kappa shape index (κ1) is 10.9. The molecule has 5 heteroatoms. The number of hydrogen-bond donors (Lipinski definition) is 1. The zero-order valence-corrected chi connectivity index (χ0v) is 8.95. The first-order valence-corrected chi connectivity index (χ1v) is 5.33. The van der Waals surface area contributed by atoms with E-state index >= 15 is 0 Å². The maximum Gasteiger partial charge on any atom is 0.279 e. The normalized spacial score (nSPS) is 15.6. The van der Waals surface area contributed by atoms with Crippen molar-refractivity contribution >= 4 is 5.91 Å². The Bertz CT molecular complexity index is 409.